The van der Waals surface area contributed by atoms with Gasteiger partial charge in [0.1, 0.15) is 11.5 Å². The summed E-state index contributed by atoms with van der Waals surface area (Å²) >= 11 is 1.08. The van der Waals surface area contributed by atoms with E-state index >= 15 is 0 Å². The second kappa shape index (κ2) is 7.11. The molecule has 1 heterocycles. The summed E-state index contributed by atoms with van der Waals surface area (Å²) in [5.41, 5.74) is -4.71. The predicted molar refractivity (Wildman–Crippen MR) is 93.0 cm³/mol. The third-order valence-corrected chi connectivity index (χ3v) is 4.85. The molecular weight excluding hydrogens is 422 g/mol. The van der Waals surface area contributed by atoms with Gasteiger partial charge in [0.05, 0.1) is 21.6 Å². The standard InChI is InChI=1S/C19H10F6O3S/c20-18(21,22)11-4-9(5-12(8-11)19(23,24)25)16-13(26)6-10(7-14(16)27)17(28)15-2-1-3-29-15/h1-8,26-27H. The highest BCUT2D eigenvalue weighted by Gasteiger charge is 2.37. The van der Waals surface area contributed by atoms with Gasteiger partial charge in [-0.25, -0.2) is 0 Å². The molecule has 0 spiro atoms. The van der Waals surface area contributed by atoms with Crippen molar-refractivity contribution in [1.29, 1.82) is 0 Å². The van der Waals surface area contributed by atoms with Gasteiger partial charge < -0.3 is 10.2 Å². The Morgan fingerprint density at radius 3 is 1.76 bits per heavy atom. The molecule has 0 fully saturated rings. The number of hydrogen-bond donors (Lipinski definition) is 2. The molecule has 0 unspecified atom stereocenters. The number of carbonyl (C=O) groups is 1. The first-order valence-electron chi connectivity index (χ1n) is 7.82. The number of phenols is 2. The van der Waals surface area contributed by atoms with Crippen molar-refractivity contribution < 1.29 is 41.4 Å². The van der Waals surface area contributed by atoms with Gasteiger partial charge in [0.15, 0.2) is 0 Å². The monoisotopic (exact) mass is 432 g/mol. The number of ketones is 1. The van der Waals surface area contributed by atoms with Crippen molar-refractivity contribution in [3.8, 4) is 22.6 Å². The maximum Gasteiger partial charge on any atom is 0.416 e. The van der Waals surface area contributed by atoms with Crippen LogP contribution in [0.15, 0.2) is 47.8 Å². The smallest absolute Gasteiger partial charge is 0.416 e. The molecule has 10 heteroatoms. The van der Waals surface area contributed by atoms with Crippen LogP contribution in [0.1, 0.15) is 26.4 Å². The molecule has 0 bridgehead atoms. The van der Waals surface area contributed by atoms with Gasteiger partial charge in [0.25, 0.3) is 0 Å². The Morgan fingerprint density at radius 1 is 0.828 bits per heavy atom. The van der Waals surface area contributed by atoms with E-state index in [0.717, 1.165) is 23.5 Å². The minimum Gasteiger partial charge on any atom is -0.507 e. The molecule has 0 atom stereocenters. The molecule has 3 nitrogen and oxygen atoms in total. The van der Waals surface area contributed by atoms with Crippen molar-refractivity contribution in [2.75, 3.05) is 0 Å². The van der Waals surface area contributed by atoms with Gasteiger partial charge in [-0.15, -0.1) is 11.3 Å². The quantitative estimate of drug-likeness (QED) is 0.389. The lowest BCUT2D eigenvalue weighted by Gasteiger charge is -2.16. The molecule has 152 valence electrons. The molecular formula is C19H10F6O3S. The van der Waals surface area contributed by atoms with Gasteiger partial charge in [-0.05, 0) is 47.3 Å². The summed E-state index contributed by atoms with van der Waals surface area (Å²) in [4.78, 5) is 12.6. The van der Waals surface area contributed by atoms with Crippen LogP contribution in [0, 0.1) is 0 Å². The molecule has 2 N–H and O–H groups in total. The van der Waals surface area contributed by atoms with Crippen molar-refractivity contribution in [3.63, 3.8) is 0 Å². The first-order chi connectivity index (χ1) is 13.4. The number of aromatic hydroxyl groups is 2. The topological polar surface area (TPSA) is 57.5 Å². The van der Waals surface area contributed by atoms with E-state index in [-0.39, 0.29) is 16.5 Å². The number of hydrogen-bond acceptors (Lipinski definition) is 4. The molecule has 2 aromatic carbocycles. The van der Waals surface area contributed by atoms with Crippen LogP contribution >= 0.6 is 11.3 Å². The van der Waals surface area contributed by atoms with Crippen LogP contribution in [-0.2, 0) is 12.4 Å². The molecule has 3 aromatic rings. The Kier molecular flexibility index (Phi) is 5.08. The van der Waals surface area contributed by atoms with E-state index in [1.165, 1.54) is 6.07 Å². The van der Waals surface area contributed by atoms with Crippen molar-refractivity contribution in [2.24, 2.45) is 0 Å². The molecule has 0 aliphatic rings. The van der Waals surface area contributed by atoms with Gasteiger partial charge >= 0.3 is 12.4 Å². The van der Waals surface area contributed by atoms with Gasteiger partial charge in [0.2, 0.25) is 5.78 Å². The second-order valence-corrected chi connectivity index (χ2v) is 6.94. The van der Waals surface area contributed by atoms with Crippen molar-refractivity contribution >= 4 is 17.1 Å². The number of rotatable bonds is 3. The van der Waals surface area contributed by atoms with Crippen LogP contribution < -0.4 is 0 Å². The van der Waals surface area contributed by atoms with Gasteiger partial charge in [-0.3, -0.25) is 4.79 Å². The van der Waals surface area contributed by atoms with Crippen LogP contribution in [0.2, 0.25) is 0 Å². The summed E-state index contributed by atoms with van der Waals surface area (Å²) in [6.07, 6.45) is -10.2. The Labute approximate surface area is 163 Å². The zero-order valence-electron chi connectivity index (χ0n) is 14.1. The van der Waals surface area contributed by atoms with Crippen molar-refractivity contribution in [2.45, 2.75) is 12.4 Å². The average Bonchev–Trinajstić information content (AvgIpc) is 3.13. The first-order valence-corrected chi connectivity index (χ1v) is 8.70. The van der Waals surface area contributed by atoms with Gasteiger partial charge in [0, 0.05) is 5.56 Å². The fraction of sp³-hybridized carbons (Fsp3) is 0.105. The number of phenolic OH excluding ortho intramolecular Hbond substituents is 2. The molecule has 29 heavy (non-hydrogen) atoms. The summed E-state index contributed by atoms with van der Waals surface area (Å²) in [6.45, 7) is 0. The second-order valence-electron chi connectivity index (χ2n) is 5.99. The molecule has 0 amide bonds. The number of carbonyl (C=O) groups excluding carboxylic acids is 1. The van der Waals surface area contributed by atoms with Crippen LogP contribution in [0.5, 0.6) is 11.5 Å². The van der Waals surface area contributed by atoms with E-state index in [9.17, 15) is 41.4 Å². The van der Waals surface area contributed by atoms with E-state index < -0.39 is 51.9 Å². The van der Waals surface area contributed by atoms with Crippen molar-refractivity contribution in [1.82, 2.24) is 0 Å². The Morgan fingerprint density at radius 2 is 1.34 bits per heavy atom. The summed E-state index contributed by atoms with van der Waals surface area (Å²) in [5, 5.41) is 22.0. The Bertz CT molecular complexity index is 1010. The third kappa shape index (κ3) is 4.21. The maximum atomic E-state index is 13.0. The molecule has 0 radical (unpaired) electrons. The minimum absolute atomic E-state index is 0.0632. The highest BCUT2D eigenvalue weighted by Crippen LogP contribution is 2.44. The zero-order valence-corrected chi connectivity index (χ0v) is 14.9. The van der Waals surface area contributed by atoms with E-state index in [2.05, 4.69) is 0 Å². The van der Waals surface area contributed by atoms with E-state index in [1.54, 1.807) is 11.4 Å². The van der Waals surface area contributed by atoms with Crippen LogP contribution in [0.25, 0.3) is 11.1 Å². The Hall–Kier alpha value is -3.01. The number of alkyl halides is 6. The average molecular weight is 432 g/mol. The largest absolute Gasteiger partial charge is 0.507 e. The summed E-state index contributed by atoms with van der Waals surface area (Å²) in [7, 11) is 0. The highest BCUT2D eigenvalue weighted by molar-refractivity contribution is 7.12. The fourth-order valence-electron chi connectivity index (χ4n) is 2.69. The van der Waals surface area contributed by atoms with Gasteiger partial charge in [-0.2, -0.15) is 26.3 Å². The minimum atomic E-state index is -5.09. The maximum absolute atomic E-state index is 13.0. The van der Waals surface area contributed by atoms with E-state index in [0.29, 0.717) is 12.1 Å². The van der Waals surface area contributed by atoms with Crippen LogP contribution in [-0.4, -0.2) is 16.0 Å². The summed E-state index contributed by atoms with van der Waals surface area (Å²) < 4.78 is 78.3. The number of halogens is 6. The summed E-state index contributed by atoms with van der Waals surface area (Å²) in [6, 6.07) is 5.53. The van der Waals surface area contributed by atoms with E-state index in [1.807, 2.05) is 0 Å². The molecule has 0 aliphatic heterocycles. The third-order valence-electron chi connectivity index (χ3n) is 3.98. The predicted octanol–water partition coefficient (Wildman–Crippen LogP) is 6.09. The Balaban J connectivity index is 2.17. The lowest BCUT2D eigenvalue weighted by Crippen LogP contribution is -2.11. The number of thiophene rings is 1. The first kappa shape index (κ1) is 20.7. The van der Waals surface area contributed by atoms with E-state index in [4.69, 9.17) is 0 Å². The van der Waals surface area contributed by atoms with Crippen molar-refractivity contribution in [3.05, 3.63) is 69.4 Å². The normalized spacial score (nSPS) is 12.2. The zero-order chi connectivity index (χ0) is 21.6. The van der Waals surface area contributed by atoms with Crippen LogP contribution in [0.4, 0.5) is 26.3 Å². The van der Waals surface area contributed by atoms with Crippen LogP contribution in [0.3, 0.4) is 0 Å². The molecule has 0 saturated carbocycles. The molecule has 0 saturated heterocycles. The lowest BCUT2D eigenvalue weighted by atomic mass is 9.95. The number of benzene rings is 2. The SMILES string of the molecule is O=C(c1cc(O)c(-c2cc(C(F)(F)F)cc(C(F)(F)F)c2)c(O)c1)c1cccs1. The molecule has 3 rings (SSSR count). The highest BCUT2D eigenvalue weighted by atomic mass is 32.1. The fourth-order valence-corrected chi connectivity index (χ4v) is 3.37. The lowest BCUT2D eigenvalue weighted by molar-refractivity contribution is -0.143. The molecule has 0 aliphatic carbocycles. The van der Waals surface area contributed by atoms with Gasteiger partial charge in [-0.1, -0.05) is 6.07 Å². The molecule has 1 aromatic heterocycles. The summed E-state index contributed by atoms with van der Waals surface area (Å²) in [5.74, 6) is -2.24.